The first kappa shape index (κ1) is 15.7. The zero-order chi connectivity index (χ0) is 15.4. The Morgan fingerprint density at radius 3 is 2.38 bits per heavy atom. The number of esters is 1. The van der Waals surface area contributed by atoms with Crippen LogP contribution >= 0.6 is 0 Å². The number of rotatable bonds is 5. The number of Topliss-reactive ketones (excluding diaryl/α,β-unsaturated/α-hetero) is 2. The molecule has 21 heavy (non-hydrogen) atoms. The molecule has 2 fully saturated rings. The largest absolute Gasteiger partial charge is 0.481 e. The summed E-state index contributed by atoms with van der Waals surface area (Å²) in [5.74, 6) is -3.68. The molecule has 116 valence electrons. The zero-order valence-corrected chi connectivity index (χ0v) is 11.9. The lowest BCUT2D eigenvalue weighted by Crippen LogP contribution is -2.35. The van der Waals surface area contributed by atoms with Gasteiger partial charge < -0.3 is 9.84 Å². The molecule has 0 aromatic rings. The van der Waals surface area contributed by atoms with E-state index in [1.165, 1.54) is 0 Å². The van der Waals surface area contributed by atoms with Gasteiger partial charge >= 0.3 is 11.9 Å². The summed E-state index contributed by atoms with van der Waals surface area (Å²) in [5.41, 5.74) is 0. The fraction of sp³-hybridized carbons (Fsp3) is 0.733. The average molecular weight is 296 g/mol. The second-order valence-electron chi connectivity index (χ2n) is 5.80. The van der Waals surface area contributed by atoms with E-state index in [1.807, 2.05) is 0 Å². The third kappa shape index (κ3) is 3.89. The molecule has 2 saturated carbocycles. The van der Waals surface area contributed by atoms with Crippen LogP contribution in [0, 0.1) is 11.8 Å². The number of aliphatic carboxylic acids is 1. The van der Waals surface area contributed by atoms with E-state index < -0.39 is 29.9 Å². The topological polar surface area (TPSA) is 97.7 Å². The van der Waals surface area contributed by atoms with E-state index in [9.17, 15) is 24.3 Å². The molecule has 0 heterocycles. The van der Waals surface area contributed by atoms with E-state index >= 15 is 0 Å². The number of carbonyl (C=O) groups excluding carboxylic acids is 3. The highest BCUT2D eigenvalue weighted by Crippen LogP contribution is 2.30. The Bertz CT molecular complexity index is 455. The molecule has 6 nitrogen and oxygen atoms in total. The molecule has 0 aromatic carbocycles. The molecule has 2 rings (SSSR count). The molecule has 1 N–H and O–H groups in total. The minimum atomic E-state index is -1.15. The summed E-state index contributed by atoms with van der Waals surface area (Å²) in [4.78, 5) is 46.5. The molecule has 0 amide bonds. The molecule has 0 radical (unpaired) electrons. The van der Waals surface area contributed by atoms with Crippen molar-refractivity contribution in [3.05, 3.63) is 0 Å². The highest BCUT2D eigenvalue weighted by Gasteiger charge is 2.37. The fourth-order valence-electron chi connectivity index (χ4n) is 3.13. The van der Waals surface area contributed by atoms with Crippen LogP contribution in [-0.4, -0.2) is 34.7 Å². The van der Waals surface area contributed by atoms with Gasteiger partial charge in [-0.1, -0.05) is 6.42 Å². The van der Waals surface area contributed by atoms with Gasteiger partial charge in [0.25, 0.3) is 0 Å². The van der Waals surface area contributed by atoms with Crippen LogP contribution in [-0.2, 0) is 23.9 Å². The first-order valence-electron chi connectivity index (χ1n) is 7.46. The van der Waals surface area contributed by atoms with Crippen LogP contribution < -0.4 is 0 Å². The quantitative estimate of drug-likeness (QED) is 0.772. The minimum absolute atomic E-state index is 0.0848. The van der Waals surface area contributed by atoms with Crippen molar-refractivity contribution in [2.45, 2.75) is 57.5 Å². The lowest BCUT2D eigenvalue weighted by molar-refractivity contribution is -0.160. The Morgan fingerprint density at radius 1 is 1.10 bits per heavy atom. The van der Waals surface area contributed by atoms with Crippen molar-refractivity contribution in [2.24, 2.45) is 11.8 Å². The number of carboxylic acids is 1. The van der Waals surface area contributed by atoms with Crippen molar-refractivity contribution < 1.29 is 29.0 Å². The van der Waals surface area contributed by atoms with E-state index in [0.717, 1.165) is 12.8 Å². The summed E-state index contributed by atoms with van der Waals surface area (Å²) >= 11 is 0. The number of ether oxygens (including phenoxy) is 1. The number of carboxylic acid groups (broad SMARTS) is 1. The van der Waals surface area contributed by atoms with Gasteiger partial charge in [0, 0.05) is 18.8 Å². The second-order valence-corrected chi connectivity index (χ2v) is 5.80. The molecular weight excluding hydrogens is 276 g/mol. The third-order valence-electron chi connectivity index (χ3n) is 4.31. The standard InChI is InChI=1S/C15H20O6/c16-11-5-2-1-4-9(11)10(15(19)20)8-14(18)21-13-7-3-6-12(13)17/h9-10,13H,1-8H2,(H,19,20). The predicted molar refractivity (Wildman–Crippen MR) is 71.4 cm³/mol. The first-order valence-corrected chi connectivity index (χ1v) is 7.46. The van der Waals surface area contributed by atoms with Gasteiger partial charge in [-0.3, -0.25) is 19.2 Å². The van der Waals surface area contributed by atoms with Gasteiger partial charge in [0.15, 0.2) is 11.9 Å². The van der Waals surface area contributed by atoms with Crippen LogP contribution in [0.5, 0.6) is 0 Å². The van der Waals surface area contributed by atoms with Crippen LogP contribution in [0.15, 0.2) is 0 Å². The van der Waals surface area contributed by atoms with Crippen LogP contribution in [0.1, 0.15) is 51.4 Å². The monoisotopic (exact) mass is 296 g/mol. The summed E-state index contributed by atoms with van der Waals surface area (Å²) in [6.45, 7) is 0. The lowest BCUT2D eigenvalue weighted by atomic mass is 9.77. The van der Waals surface area contributed by atoms with Crippen LogP contribution in [0.3, 0.4) is 0 Å². The maximum Gasteiger partial charge on any atom is 0.307 e. The Morgan fingerprint density at radius 2 is 1.81 bits per heavy atom. The maximum atomic E-state index is 11.9. The molecule has 6 heteroatoms. The van der Waals surface area contributed by atoms with Gasteiger partial charge in [-0.25, -0.2) is 0 Å². The van der Waals surface area contributed by atoms with E-state index in [1.54, 1.807) is 0 Å². The molecule has 2 aliphatic carbocycles. The van der Waals surface area contributed by atoms with Crippen molar-refractivity contribution >= 4 is 23.5 Å². The first-order chi connectivity index (χ1) is 9.99. The summed E-state index contributed by atoms with van der Waals surface area (Å²) in [5, 5.41) is 9.28. The fourth-order valence-corrected chi connectivity index (χ4v) is 3.13. The van der Waals surface area contributed by atoms with E-state index in [2.05, 4.69) is 0 Å². The van der Waals surface area contributed by atoms with E-state index in [0.29, 0.717) is 32.1 Å². The van der Waals surface area contributed by atoms with Crippen LogP contribution in [0.2, 0.25) is 0 Å². The number of hydrogen-bond donors (Lipinski definition) is 1. The summed E-state index contributed by atoms with van der Waals surface area (Å²) in [7, 11) is 0. The molecule has 0 aromatic heterocycles. The molecule has 0 bridgehead atoms. The van der Waals surface area contributed by atoms with Crippen molar-refractivity contribution in [3.8, 4) is 0 Å². The van der Waals surface area contributed by atoms with Crippen molar-refractivity contribution in [2.75, 3.05) is 0 Å². The van der Waals surface area contributed by atoms with Gasteiger partial charge in [0.05, 0.1) is 12.3 Å². The van der Waals surface area contributed by atoms with E-state index in [-0.39, 0.29) is 18.0 Å². The Labute approximate surface area is 122 Å². The second kappa shape index (κ2) is 6.83. The van der Waals surface area contributed by atoms with Crippen LogP contribution in [0.25, 0.3) is 0 Å². The number of ketones is 2. The number of hydrogen-bond acceptors (Lipinski definition) is 5. The predicted octanol–water partition coefficient (Wildman–Crippen LogP) is 1.50. The zero-order valence-electron chi connectivity index (χ0n) is 11.9. The molecule has 3 unspecified atom stereocenters. The smallest absolute Gasteiger partial charge is 0.307 e. The van der Waals surface area contributed by atoms with Gasteiger partial charge in [-0.05, 0) is 25.7 Å². The Hall–Kier alpha value is -1.72. The summed E-state index contributed by atoms with van der Waals surface area (Å²) in [6, 6.07) is 0. The van der Waals surface area contributed by atoms with Gasteiger partial charge in [-0.15, -0.1) is 0 Å². The third-order valence-corrected chi connectivity index (χ3v) is 4.31. The Balaban J connectivity index is 1.95. The molecular formula is C15H20O6. The van der Waals surface area contributed by atoms with Crippen LogP contribution in [0.4, 0.5) is 0 Å². The molecule has 0 saturated heterocycles. The highest BCUT2D eigenvalue weighted by molar-refractivity contribution is 5.90. The normalized spacial score (nSPS) is 27.4. The van der Waals surface area contributed by atoms with Gasteiger partial charge in [0.2, 0.25) is 0 Å². The van der Waals surface area contributed by atoms with Crippen molar-refractivity contribution in [1.82, 2.24) is 0 Å². The van der Waals surface area contributed by atoms with Gasteiger partial charge in [0.1, 0.15) is 5.78 Å². The maximum absolute atomic E-state index is 11.9. The number of carbonyl (C=O) groups is 4. The minimum Gasteiger partial charge on any atom is -0.481 e. The van der Waals surface area contributed by atoms with Crippen molar-refractivity contribution in [1.29, 1.82) is 0 Å². The molecule has 0 aliphatic heterocycles. The highest BCUT2D eigenvalue weighted by atomic mass is 16.5. The van der Waals surface area contributed by atoms with E-state index in [4.69, 9.17) is 4.74 Å². The molecule has 2 aliphatic rings. The average Bonchev–Trinajstić information content (AvgIpc) is 2.82. The van der Waals surface area contributed by atoms with Crippen molar-refractivity contribution in [3.63, 3.8) is 0 Å². The van der Waals surface area contributed by atoms with Gasteiger partial charge in [-0.2, -0.15) is 0 Å². The molecule has 0 spiro atoms. The lowest BCUT2D eigenvalue weighted by Gasteiger charge is -2.26. The SMILES string of the molecule is O=C(CC(C(=O)O)C1CCCCC1=O)OC1CCCC1=O. The summed E-state index contributed by atoms with van der Waals surface area (Å²) < 4.78 is 5.07. The summed E-state index contributed by atoms with van der Waals surface area (Å²) in [6.07, 6.45) is 3.01. The Kier molecular flexibility index (Phi) is 5.09. The molecule has 3 atom stereocenters.